The van der Waals surface area contributed by atoms with Crippen LogP contribution < -0.4 is 10.2 Å². The highest BCUT2D eigenvalue weighted by Gasteiger charge is 2.28. The second kappa shape index (κ2) is 8.42. The molecule has 1 fully saturated rings. The van der Waals surface area contributed by atoms with Crippen LogP contribution in [0.1, 0.15) is 42.9 Å². The summed E-state index contributed by atoms with van der Waals surface area (Å²) in [5.41, 5.74) is 0.548. The van der Waals surface area contributed by atoms with Gasteiger partial charge in [0.05, 0.1) is 4.92 Å². The third-order valence-electron chi connectivity index (χ3n) is 5.09. The number of aryl methyl sites for hydroxylation is 1. The highest BCUT2D eigenvalue weighted by molar-refractivity contribution is 6.07. The van der Waals surface area contributed by atoms with Crippen molar-refractivity contribution < 1.29 is 14.5 Å². The molecule has 1 aliphatic heterocycles. The number of nitro benzene ring substituents is 1. The molecule has 1 atom stereocenters. The third-order valence-corrected chi connectivity index (χ3v) is 5.09. The summed E-state index contributed by atoms with van der Waals surface area (Å²) in [5, 5.41) is 14.7. The molecule has 0 aliphatic carbocycles. The SMILES string of the molecule is CC(C)C(=O)NC1CCCN(c2ccc(C(=O)c3nccn3C)cc2[N+](=O)[O-])C1. The fourth-order valence-corrected chi connectivity index (χ4v) is 3.47. The van der Waals surface area contributed by atoms with Crippen molar-refractivity contribution in [1.29, 1.82) is 0 Å². The minimum absolute atomic E-state index is 0.0256. The van der Waals surface area contributed by atoms with Crippen LogP contribution in [0.3, 0.4) is 0 Å². The normalized spacial score (nSPS) is 16.7. The van der Waals surface area contributed by atoms with E-state index in [-0.39, 0.29) is 40.7 Å². The quantitative estimate of drug-likeness (QED) is 0.453. The van der Waals surface area contributed by atoms with E-state index in [1.165, 1.54) is 12.3 Å². The minimum atomic E-state index is -0.471. The molecule has 3 rings (SSSR count). The third kappa shape index (κ3) is 4.44. The van der Waals surface area contributed by atoms with Gasteiger partial charge in [0.2, 0.25) is 11.7 Å². The number of nitrogens with zero attached hydrogens (tertiary/aromatic N) is 4. The molecule has 29 heavy (non-hydrogen) atoms. The minimum Gasteiger partial charge on any atom is -0.364 e. The first-order valence-electron chi connectivity index (χ1n) is 9.63. The van der Waals surface area contributed by atoms with Gasteiger partial charge in [-0.1, -0.05) is 13.8 Å². The smallest absolute Gasteiger partial charge is 0.293 e. The van der Waals surface area contributed by atoms with E-state index in [4.69, 9.17) is 0 Å². The molecule has 9 heteroatoms. The van der Waals surface area contributed by atoms with Crippen LogP contribution in [-0.2, 0) is 11.8 Å². The lowest BCUT2D eigenvalue weighted by Crippen LogP contribution is -2.48. The summed E-state index contributed by atoms with van der Waals surface area (Å²) in [6, 6.07) is 4.45. The second-order valence-corrected chi connectivity index (χ2v) is 7.60. The Bertz CT molecular complexity index is 937. The van der Waals surface area contributed by atoms with Gasteiger partial charge in [0.25, 0.3) is 5.69 Å². The molecule has 0 spiro atoms. The standard InChI is InChI=1S/C20H25N5O4/c1-13(2)20(27)22-15-5-4-9-24(12-15)16-7-6-14(11-17(16)25(28)29)18(26)19-21-8-10-23(19)3/h6-8,10-11,13,15H,4-5,9,12H2,1-3H3,(H,22,27). The van der Waals surface area contributed by atoms with Gasteiger partial charge in [-0.3, -0.25) is 19.7 Å². The van der Waals surface area contributed by atoms with E-state index < -0.39 is 4.92 Å². The summed E-state index contributed by atoms with van der Waals surface area (Å²) >= 11 is 0. The van der Waals surface area contributed by atoms with Gasteiger partial charge in [0.15, 0.2) is 5.82 Å². The van der Waals surface area contributed by atoms with E-state index in [1.54, 1.807) is 29.9 Å². The predicted molar refractivity (Wildman–Crippen MR) is 108 cm³/mol. The van der Waals surface area contributed by atoms with Crippen LogP contribution in [0.5, 0.6) is 0 Å². The number of piperidine rings is 1. The number of benzene rings is 1. The fourth-order valence-electron chi connectivity index (χ4n) is 3.47. The number of nitro groups is 1. The molecule has 1 aromatic heterocycles. The van der Waals surface area contributed by atoms with Crippen LogP contribution in [0.4, 0.5) is 11.4 Å². The zero-order chi connectivity index (χ0) is 21.1. The van der Waals surface area contributed by atoms with Crippen molar-refractivity contribution in [3.8, 4) is 0 Å². The lowest BCUT2D eigenvalue weighted by Gasteiger charge is -2.34. The number of imidazole rings is 1. The van der Waals surface area contributed by atoms with Crippen molar-refractivity contribution in [2.24, 2.45) is 13.0 Å². The summed E-state index contributed by atoms with van der Waals surface area (Å²) in [5.74, 6) is -0.284. The fraction of sp³-hybridized carbons (Fsp3) is 0.450. The van der Waals surface area contributed by atoms with Crippen molar-refractivity contribution in [1.82, 2.24) is 14.9 Å². The van der Waals surface area contributed by atoms with Crippen LogP contribution in [0.15, 0.2) is 30.6 Å². The Hall–Kier alpha value is -3.23. The number of ketones is 1. The molecular formula is C20H25N5O4. The lowest BCUT2D eigenvalue weighted by molar-refractivity contribution is -0.384. The maximum absolute atomic E-state index is 12.7. The molecule has 2 heterocycles. The first-order valence-corrected chi connectivity index (χ1v) is 9.63. The maximum Gasteiger partial charge on any atom is 0.293 e. The lowest BCUT2D eigenvalue weighted by atomic mass is 10.0. The number of hydrogen-bond donors (Lipinski definition) is 1. The predicted octanol–water partition coefficient (Wildman–Crippen LogP) is 2.30. The van der Waals surface area contributed by atoms with E-state index >= 15 is 0 Å². The summed E-state index contributed by atoms with van der Waals surface area (Å²) in [4.78, 5) is 41.8. The van der Waals surface area contributed by atoms with E-state index in [0.717, 1.165) is 12.8 Å². The topological polar surface area (TPSA) is 110 Å². The second-order valence-electron chi connectivity index (χ2n) is 7.60. The summed E-state index contributed by atoms with van der Waals surface area (Å²) in [7, 11) is 1.70. The Kier molecular flexibility index (Phi) is 5.95. The highest BCUT2D eigenvalue weighted by Crippen LogP contribution is 2.32. The van der Waals surface area contributed by atoms with Crippen molar-refractivity contribution in [3.05, 3.63) is 52.1 Å². The average molecular weight is 399 g/mol. The van der Waals surface area contributed by atoms with Gasteiger partial charge >= 0.3 is 0 Å². The molecule has 154 valence electrons. The van der Waals surface area contributed by atoms with E-state index in [1.807, 2.05) is 18.7 Å². The van der Waals surface area contributed by atoms with E-state index in [2.05, 4.69) is 10.3 Å². The van der Waals surface area contributed by atoms with Crippen LogP contribution in [0.25, 0.3) is 0 Å². The van der Waals surface area contributed by atoms with Gasteiger partial charge in [-0.05, 0) is 25.0 Å². The largest absolute Gasteiger partial charge is 0.364 e. The molecule has 1 unspecified atom stereocenters. The van der Waals surface area contributed by atoms with Crippen LogP contribution >= 0.6 is 0 Å². The van der Waals surface area contributed by atoms with Crippen molar-refractivity contribution in [2.75, 3.05) is 18.0 Å². The Balaban J connectivity index is 1.85. The van der Waals surface area contributed by atoms with E-state index in [9.17, 15) is 19.7 Å². The number of carbonyl (C=O) groups excluding carboxylic acids is 2. The molecule has 0 bridgehead atoms. The van der Waals surface area contributed by atoms with Gasteiger partial charge in [0.1, 0.15) is 5.69 Å². The number of amides is 1. The molecule has 9 nitrogen and oxygen atoms in total. The summed E-state index contributed by atoms with van der Waals surface area (Å²) < 4.78 is 1.58. The summed E-state index contributed by atoms with van der Waals surface area (Å²) in [6.45, 7) is 4.81. The molecule has 0 radical (unpaired) electrons. The monoisotopic (exact) mass is 399 g/mol. The Morgan fingerprint density at radius 3 is 2.72 bits per heavy atom. The van der Waals surface area contributed by atoms with Crippen LogP contribution in [-0.4, -0.2) is 45.3 Å². The number of rotatable bonds is 6. The van der Waals surface area contributed by atoms with Crippen LogP contribution in [0, 0.1) is 16.0 Å². The highest BCUT2D eigenvalue weighted by atomic mass is 16.6. The van der Waals surface area contributed by atoms with Gasteiger partial charge in [-0.15, -0.1) is 0 Å². The Morgan fingerprint density at radius 1 is 1.34 bits per heavy atom. The average Bonchev–Trinajstić information content (AvgIpc) is 3.12. The number of nitrogens with one attached hydrogen (secondary N) is 1. The molecule has 1 aliphatic rings. The molecule has 1 amide bonds. The zero-order valence-electron chi connectivity index (χ0n) is 16.8. The zero-order valence-corrected chi connectivity index (χ0v) is 16.8. The van der Waals surface area contributed by atoms with Crippen molar-refractivity contribution >= 4 is 23.1 Å². The number of hydrogen-bond acceptors (Lipinski definition) is 6. The maximum atomic E-state index is 12.7. The first-order chi connectivity index (χ1) is 13.8. The first kappa shape index (κ1) is 20.5. The molecule has 0 saturated carbocycles. The van der Waals surface area contributed by atoms with E-state index in [0.29, 0.717) is 18.8 Å². The molecule has 1 aromatic carbocycles. The molecule has 1 N–H and O–H groups in total. The number of aromatic nitrogens is 2. The Morgan fingerprint density at radius 2 is 2.10 bits per heavy atom. The van der Waals surface area contributed by atoms with Crippen LogP contribution in [0.2, 0.25) is 0 Å². The van der Waals surface area contributed by atoms with Gasteiger partial charge in [0, 0.05) is 56.1 Å². The van der Waals surface area contributed by atoms with Crippen molar-refractivity contribution in [3.63, 3.8) is 0 Å². The van der Waals surface area contributed by atoms with Gasteiger partial charge < -0.3 is 14.8 Å². The van der Waals surface area contributed by atoms with Gasteiger partial charge in [-0.2, -0.15) is 0 Å². The summed E-state index contributed by atoms with van der Waals surface area (Å²) in [6.07, 6.45) is 4.80. The Labute approximate surface area is 168 Å². The number of anilines is 1. The number of carbonyl (C=O) groups is 2. The molecule has 1 saturated heterocycles. The molecule has 2 aromatic rings. The van der Waals surface area contributed by atoms with Gasteiger partial charge in [-0.25, -0.2) is 4.98 Å². The molecular weight excluding hydrogens is 374 g/mol. The van der Waals surface area contributed by atoms with Crippen molar-refractivity contribution in [2.45, 2.75) is 32.7 Å².